The molecule has 0 radical (unpaired) electrons. The Balaban J connectivity index is 1.60. The van der Waals surface area contributed by atoms with Gasteiger partial charge in [-0.25, -0.2) is 13.6 Å². The molecule has 2 amide bonds. The number of anilines is 2. The number of halogens is 2. The van der Waals surface area contributed by atoms with E-state index in [1.165, 1.54) is 12.3 Å². The summed E-state index contributed by atoms with van der Waals surface area (Å²) in [5.41, 5.74) is 1.74. The second-order valence-corrected chi connectivity index (χ2v) is 4.73. The lowest BCUT2D eigenvalue weighted by Crippen LogP contribution is -2.21. The van der Waals surface area contributed by atoms with E-state index in [2.05, 4.69) is 25.9 Å². The Labute approximate surface area is 123 Å². The van der Waals surface area contributed by atoms with Crippen LogP contribution in [0.25, 0.3) is 0 Å². The molecule has 1 aliphatic heterocycles. The average Bonchev–Trinajstić information content (AvgIpc) is 3.06. The number of fused-ring (bicyclic) bond motifs is 1. The SMILES string of the molecule is O=C(Nc1ccn(CC(F)F)n1)Nc1n[nH]c2c1COCC2. The fourth-order valence-electron chi connectivity index (χ4n) is 2.14. The van der Waals surface area contributed by atoms with Crippen LogP contribution in [0.2, 0.25) is 0 Å². The van der Waals surface area contributed by atoms with E-state index in [9.17, 15) is 13.6 Å². The molecule has 10 heteroatoms. The number of aromatic nitrogens is 4. The van der Waals surface area contributed by atoms with Gasteiger partial charge >= 0.3 is 6.03 Å². The van der Waals surface area contributed by atoms with Crippen LogP contribution in [0, 0.1) is 0 Å². The number of rotatable bonds is 4. The van der Waals surface area contributed by atoms with Crippen molar-refractivity contribution < 1.29 is 18.3 Å². The van der Waals surface area contributed by atoms with E-state index in [0.29, 0.717) is 25.5 Å². The van der Waals surface area contributed by atoms with Crippen molar-refractivity contribution in [3.8, 4) is 0 Å². The van der Waals surface area contributed by atoms with Gasteiger partial charge in [0.1, 0.15) is 6.54 Å². The Bertz CT molecular complexity index is 668. The lowest BCUT2D eigenvalue weighted by Gasteiger charge is -2.12. The zero-order valence-electron chi connectivity index (χ0n) is 11.5. The summed E-state index contributed by atoms with van der Waals surface area (Å²) in [7, 11) is 0. The molecule has 3 N–H and O–H groups in total. The molecule has 1 aliphatic rings. The van der Waals surface area contributed by atoms with Gasteiger partial charge in [-0.05, 0) is 0 Å². The van der Waals surface area contributed by atoms with Crippen molar-refractivity contribution in [3.63, 3.8) is 0 Å². The van der Waals surface area contributed by atoms with Crippen LogP contribution in [0.1, 0.15) is 11.3 Å². The first-order valence-electron chi connectivity index (χ1n) is 6.65. The highest BCUT2D eigenvalue weighted by Gasteiger charge is 2.19. The third kappa shape index (κ3) is 3.22. The number of hydrogen-bond donors (Lipinski definition) is 3. The lowest BCUT2D eigenvalue weighted by molar-refractivity contribution is 0.110. The molecule has 3 rings (SSSR count). The molecule has 0 saturated carbocycles. The third-order valence-electron chi connectivity index (χ3n) is 3.13. The fraction of sp³-hybridized carbons (Fsp3) is 0.417. The Morgan fingerprint density at radius 3 is 3.18 bits per heavy atom. The molecule has 0 spiro atoms. The van der Waals surface area contributed by atoms with Gasteiger partial charge in [0.25, 0.3) is 6.43 Å². The van der Waals surface area contributed by atoms with Crippen LogP contribution < -0.4 is 10.6 Å². The normalized spacial score (nSPS) is 14.0. The number of amides is 2. The molecule has 0 unspecified atom stereocenters. The summed E-state index contributed by atoms with van der Waals surface area (Å²) in [6, 6.07) is 0.882. The van der Waals surface area contributed by atoms with Crippen molar-refractivity contribution in [2.45, 2.75) is 26.0 Å². The minimum absolute atomic E-state index is 0.179. The van der Waals surface area contributed by atoms with Gasteiger partial charge in [-0.1, -0.05) is 0 Å². The Morgan fingerprint density at radius 2 is 2.36 bits per heavy atom. The number of H-pyrrole nitrogens is 1. The van der Waals surface area contributed by atoms with E-state index in [1.54, 1.807) is 0 Å². The maximum Gasteiger partial charge on any atom is 0.326 e. The number of aromatic amines is 1. The quantitative estimate of drug-likeness (QED) is 0.798. The summed E-state index contributed by atoms with van der Waals surface area (Å²) >= 11 is 0. The number of hydrogen-bond acceptors (Lipinski definition) is 4. The van der Waals surface area contributed by atoms with Crippen LogP contribution in [-0.2, 0) is 24.3 Å². The number of carbonyl (C=O) groups is 1. The van der Waals surface area contributed by atoms with Crippen molar-refractivity contribution in [1.29, 1.82) is 0 Å². The molecule has 0 aromatic carbocycles. The van der Waals surface area contributed by atoms with E-state index in [-0.39, 0.29) is 5.82 Å². The van der Waals surface area contributed by atoms with Crippen LogP contribution in [0.3, 0.4) is 0 Å². The van der Waals surface area contributed by atoms with Crippen molar-refractivity contribution in [2.24, 2.45) is 0 Å². The van der Waals surface area contributed by atoms with Crippen LogP contribution >= 0.6 is 0 Å². The monoisotopic (exact) mass is 312 g/mol. The van der Waals surface area contributed by atoms with E-state index in [1.807, 2.05) is 0 Å². The molecule has 2 aromatic heterocycles. The molecule has 2 aromatic rings. The number of carbonyl (C=O) groups excluding carboxylic acids is 1. The molecular weight excluding hydrogens is 298 g/mol. The summed E-state index contributed by atoms with van der Waals surface area (Å²) in [6.45, 7) is 0.473. The van der Waals surface area contributed by atoms with Gasteiger partial charge in [0.2, 0.25) is 0 Å². The van der Waals surface area contributed by atoms with E-state index < -0.39 is 19.0 Å². The maximum absolute atomic E-state index is 12.2. The molecule has 3 heterocycles. The van der Waals surface area contributed by atoms with E-state index in [4.69, 9.17) is 4.74 Å². The van der Waals surface area contributed by atoms with Gasteiger partial charge in [-0.3, -0.25) is 20.4 Å². The van der Waals surface area contributed by atoms with Crippen molar-refractivity contribution in [2.75, 3.05) is 17.2 Å². The Kier molecular flexibility index (Phi) is 4.00. The zero-order valence-corrected chi connectivity index (χ0v) is 11.5. The number of alkyl halides is 2. The van der Waals surface area contributed by atoms with Crippen LogP contribution in [0.15, 0.2) is 12.3 Å². The van der Waals surface area contributed by atoms with Crippen molar-refractivity contribution >= 4 is 17.7 Å². The van der Waals surface area contributed by atoms with Gasteiger partial charge in [-0.2, -0.15) is 10.2 Å². The first-order valence-corrected chi connectivity index (χ1v) is 6.65. The lowest BCUT2D eigenvalue weighted by atomic mass is 10.1. The largest absolute Gasteiger partial charge is 0.376 e. The number of ether oxygens (including phenoxy) is 1. The molecule has 0 fully saturated rings. The predicted molar refractivity (Wildman–Crippen MR) is 72.8 cm³/mol. The predicted octanol–water partition coefficient (Wildman–Crippen LogP) is 1.59. The Morgan fingerprint density at radius 1 is 1.50 bits per heavy atom. The first-order chi connectivity index (χ1) is 10.6. The number of urea groups is 1. The minimum Gasteiger partial charge on any atom is -0.376 e. The Hall–Kier alpha value is -2.49. The van der Waals surface area contributed by atoms with Crippen LogP contribution in [0.5, 0.6) is 0 Å². The smallest absolute Gasteiger partial charge is 0.326 e. The first kappa shape index (κ1) is 14.4. The third-order valence-corrected chi connectivity index (χ3v) is 3.13. The minimum atomic E-state index is -2.50. The highest BCUT2D eigenvalue weighted by molar-refractivity contribution is 5.98. The van der Waals surface area contributed by atoms with E-state index >= 15 is 0 Å². The summed E-state index contributed by atoms with van der Waals surface area (Å²) in [4.78, 5) is 11.9. The van der Waals surface area contributed by atoms with E-state index in [0.717, 1.165) is 15.9 Å². The van der Waals surface area contributed by atoms with Crippen LogP contribution in [0.4, 0.5) is 25.2 Å². The number of nitrogens with one attached hydrogen (secondary N) is 3. The zero-order chi connectivity index (χ0) is 15.5. The molecule has 0 saturated heterocycles. The second kappa shape index (κ2) is 6.10. The van der Waals surface area contributed by atoms with Gasteiger partial charge in [0.15, 0.2) is 11.6 Å². The molecule has 8 nitrogen and oxygen atoms in total. The molecule has 0 atom stereocenters. The van der Waals surface area contributed by atoms with Gasteiger partial charge in [-0.15, -0.1) is 0 Å². The fourth-order valence-corrected chi connectivity index (χ4v) is 2.14. The molecule has 0 aliphatic carbocycles. The maximum atomic E-state index is 12.2. The highest BCUT2D eigenvalue weighted by Crippen LogP contribution is 2.22. The molecule has 0 bridgehead atoms. The molecule has 118 valence electrons. The standard InChI is InChI=1S/C12H14F2N6O2/c13-9(14)5-20-3-1-10(19-20)15-12(21)16-11-7-6-22-4-2-8(7)17-18-11/h1,3,9H,2,4-6H2,(H3,15,16,17,18,19,21). The number of nitrogens with zero attached hydrogens (tertiary/aromatic N) is 3. The van der Waals surface area contributed by atoms with Gasteiger partial charge < -0.3 is 4.74 Å². The molecular formula is C12H14F2N6O2. The molecule has 22 heavy (non-hydrogen) atoms. The van der Waals surface area contributed by atoms with Crippen LogP contribution in [-0.4, -0.2) is 39.0 Å². The summed E-state index contributed by atoms with van der Waals surface area (Å²) in [5, 5.41) is 15.7. The van der Waals surface area contributed by atoms with Crippen molar-refractivity contribution in [1.82, 2.24) is 20.0 Å². The van der Waals surface area contributed by atoms with Crippen molar-refractivity contribution in [3.05, 3.63) is 23.5 Å². The summed E-state index contributed by atoms with van der Waals surface area (Å²) < 4.78 is 30.8. The summed E-state index contributed by atoms with van der Waals surface area (Å²) in [5.74, 6) is 0.568. The topological polar surface area (TPSA) is 96.9 Å². The summed E-state index contributed by atoms with van der Waals surface area (Å²) in [6.07, 6.45) is -0.424. The van der Waals surface area contributed by atoms with Gasteiger partial charge in [0.05, 0.1) is 13.2 Å². The highest BCUT2D eigenvalue weighted by atomic mass is 19.3. The second-order valence-electron chi connectivity index (χ2n) is 4.73. The van der Waals surface area contributed by atoms with Gasteiger partial charge in [0, 0.05) is 29.9 Å². The average molecular weight is 312 g/mol.